The van der Waals surface area contributed by atoms with E-state index in [0.29, 0.717) is 0 Å². The molecule has 27 heavy (non-hydrogen) atoms. The Morgan fingerprint density at radius 3 is 2.52 bits per heavy atom. The van der Waals surface area contributed by atoms with Crippen molar-refractivity contribution in [2.75, 3.05) is 5.32 Å². The van der Waals surface area contributed by atoms with Crippen molar-refractivity contribution >= 4 is 28.9 Å². The SMILES string of the molecule is CCCCc1ccc(NC(=S)NNC(=O)[C@@H](C)Oc2ccccc2F)cc1. The molecule has 0 fully saturated rings. The Morgan fingerprint density at radius 1 is 1.15 bits per heavy atom. The number of hydrogen-bond donors (Lipinski definition) is 3. The molecule has 2 rings (SSSR count). The number of para-hydroxylation sites is 1. The Kier molecular flexibility index (Phi) is 8.00. The maximum atomic E-state index is 13.6. The zero-order valence-corrected chi connectivity index (χ0v) is 16.2. The second-order valence-corrected chi connectivity index (χ2v) is 6.47. The highest BCUT2D eigenvalue weighted by atomic mass is 32.1. The summed E-state index contributed by atoms with van der Waals surface area (Å²) in [6.07, 6.45) is 2.48. The van der Waals surface area contributed by atoms with Gasteiger partial charge in [-0.2, -0.15) is 0 Å². The standard InChI is InChI=1S/C20H24FN3O2S/c1-3-4-7-15-10-12-16(13-11-15)22-20(27)24-23-19(25)14(2)26-18-9-6-5-8-17(18)21/h5-6,8-14H,3-4,7H2,1-2H3,(H,23,25)(H2,22,24,27)/t14-/m1/s1. The summed E-state index contributed by atoms with van der Waals surface area (Å²) in [5.41, 5.74) is 7.14. The average Bonchev–Trinajstić information content (AvgIpc) is 2.67. The minimum atomic E-state index is -0.893. The first-order chi connectivity index (χ1) is 13.0. The fraction of sp³-hybridized carbons (Fsp3) is 0.300. The van der Waals surface area contributed by atoms with Crippen molar-refractivity contribution in [2.45, 2.75) is 39.2 Å². The van der Waals surface area contributed by atoms with Crippen LogP contribution in [0.4, 0.5) is 10.1 Å². The first-order valence-corrected chi connectivity index (χ1v) is 9.27. The predicted octanol–water partition coefficient (Wildman–Crippen LogP) is 3.95. The van der Waals surface area contributed by atoms with Crippen molar-refractivity contribution in [3.05, 3.63) is 59.9 Å². The fourth-order valence-corrected chi connectivity index (χ4v) is 2.47. The molecular formula is C20H24FN3O2S. The van der Waals surface area contributed by atoms with Gasteiger partial charge in [0, 0.05) is 5.69 Å². The number of aryl methyl sites for hydroxylation is 1. The molecule has 0 aliphatic carbocycles. The molecule has 0 bridgehead atoms. The number of halogens is 1. The molecular weight excluding hydrogens is 365 g/mol. The summed E-state index contributed by atoms with van der Waals surface area (Å²) >= 11 is 5.16. The molecule has 3 N–H and O–H groups in total. The number of hydrazine groups is 1. The maximum absolute atomic E-state index is 13.6. The molecule has 0 aromatic heterocycles. The Bertz CT molecular complexity index is 768. The van der Waals surface area contributed by atoms with Crippen molar-refractivity contribution in [3.63, 3.8) is 0 Å². The van der Waals surface area contributed by atoms with Crippen LogP contribution in [0.5, 0.6) is 5.75 Å². The van der Waals surface area contributed by atoms with Crippen LogP contribution in [-0.2, 0) is 11.2 Å². The third kappa shape index (κ3) is 6.86. The fourth-order valence-electron chi connectivity index (χ4n) is 2.30. The number of rotatable bonds is 7. The van der Waals surface area contributed by atoms with Crippen LogP contribution in [0, 0.1) is 5.82 Å². The van der Waals surface area contributed by atoms with Gasteiger partial charge in [-0.25, -0.2) is 4.39 Å². The summed E-state index contributed by atoms with van der Waals surface area (Å²) in [5, 5.41) is 3.22. The topological polar surface area (TPSA) is 62.4 Å². The van der Waals surface area contributed by atoms with E-state index in [-0.39, 0.29) is 10.9 Å². The van der Waals surface area contributed by atoms with E-state index in [1.54, 1.807) is 12.1 Å². The molecule has 0 radical (unpaired) electrons. The molecule has 1 atom stereocenters. The normalized spacial score (nSPS) is 11.4. The first-order valence-electron chi connectivity index (χ1n) is 8.86. The van der Waals surface area contributed by atoms with Crippen molar-refractivity contribution in [1.29, 1.82) is 0 Å². The zero-order chi connectivity index (χ0) is 19.6. The van der Waals surface area contributed by atoms with Gasteiger partial charge in [-0.3, -0.25) is 15.6 Å². The monoisotopic (exact) mass is 389 g/mol. The Labute approximate surface area is 164 Å². The molecule has 0 aliphatic heterocycles. The van der Waals surface area contributed by atoms with Gasteiger partial charge in [0.2, 0.25) is 0 Å². The number of nitrogens with one attached hydrogen (secondary N) is 3. The lowest BCUT2D eigenvalue weighted by molar-refractivity contribution is -0.127. The van der Waals surface area contributed by atoms with Gasteiger partial charge in [-0.05, 0) is 61.8 Å². The maximum Gasteiger partial charge on any atom is 0.279 e. The summed E-state index contributed by atoms with van der Waals surface area (Å²) in [5.74, 6) is -0.981. The van der Waals surface area contributed by atoms with Crippen LogP contribution >= 0.6 is 12.2 Å². The van der Waals surface area contributed by atoms with Crippen LogP contribution in [0.2, 0.25) is 0 Å². The number of ether oxygens (including phenoxy) is 1. The van der Waals surface area contributed by atoms with E-state index in [1.807, 2.05) is 24.3 Å². The van der Waals surface area contributed by atoms with Crippen LogP contribution in [0.3, 0.4) is 0 Å². The molecule has 2 aromatic rings. The summed E-state index contributed by atoms with van der Waals surface area (Å²) in [7, 11) is 0. The van der Waals surface area contributed by atoms with E-state index in [0.717, 1.165) is 24.9 Å². The number of anilines is 1. The van der Waals surface area contributed by atoms with Crippen LogP contribution in [0.15, 0.2) is 48.5 Å². The molecule has 0 spiro atoms. The zero-order valence-electron chi connectivity index (χ0n) is 15.4. The third-order valence-corrected chi connectivity index (χ3v) is 4.04. The van der Waals surface area contributed by atoms with Crippen LogP contribution in [0.1, 0.15) is 32.3 Å². The molecule has 0 saturated heterocycles. The van der Waals surface area contributed by atoms with Crippen LogP contribution in [-0.4, -0.2) is 17.1 Å². The quantitative estimate of drug-likeness (QED) is 0.494. The van der Waals surface area contributed by atoms with Crippen LogP contribution < -0.4 is 20.9 Å². The smallest absolute Gasteiger partial charge is 0.279 e. The highest BCUT2D eigenvalue weighted by Crippen LogP contribution is 2.17. The number of amides is 1. The number of hydrogen-bond acceptors (Lipinski definition) is 3. The molecule has 144 valence electrons. The van der Waals surface area contributed by atoms with Gasteiger partial charge in [0.25, 0.3) is 5.91 Å². The molecule has 7 heteroatoms. The van der Waals surface area contributed by atoms with E-state index >= 15 is 0 Å². The molecule has 0 unspecified atom stereocenters. The van der Waals surface area contributed by atoms with E-state index in [9.17, 15) is 9.18 Å². The Hall–Kier alpha value is -2.67. The van der Waals surface area contributed by atoms with Crippen molar-refractivity contribution in [3.8, 4) is 5.75 Å². The molecule has 1 amide bonds. The highest BCUT2D eigenvalue weighted by molar-refractivity contribution is 7.80. The van der Waals surface area contributed by atoms with Gasteiger partial charge in [-0.1, -0.05) is 37.6 Å². The summed E-state index contributed by atoms with van der Waals surface area (Å²) in [6, 6.07) is 13.9. The Morgan fingerprint density at radius 2 is 1.85 bits per heavy atom. The largest absolute Gasteiger partial charge is 0.478 e. The molecule has 0 aliphatic rings. The van der Waals surface area contributed by atoms with Gasteiger partial charge < -0.3 is 10.1 Å². The van der Waals surface area contributed by atoms with Gasteiger partial charge in [0.05, 0.1) is 0 Å². The summed E-state index contributed by atoms with van der Waals surface area (Å²) in [6.45, 7) is 3.69. The minimum Gasteiger partial charge on any atom is -0.478 e. The lowest BCUT2D eigenvalue weighted by Crippen LogP contribution is -2.48. The predicted molar refractivity (Wildman–Crippen MR) is 109 cm³/mol. The number of carbonyl (C=O) groups excluding carboxylic acids is 1. The van der Waals surface area contributed by atoms with E-state index < -0.39 is 17.8 Å². The van der Waals surface area contributed by atoms with E-state index in [4.69, 9.17) is 17.0 Å². The first kappa shape index (κ1) is 20.6. The lowest BCUT2D eigenvalue weighted by Gasteiger charge is -2.17. The van der Waals surface area contributed by atoms with Gasteiger partial charge in [0.15, 0.2) is 22.8 Å². The Balaban J connectivity index is 1.77. The van der Waals surface area contributed by atoms with E-state index in [2.05, 4.69) is 23.1 Å². The van der Waals surface area contributed by atoms with Crippen molar-refractivity contribution in [2.24, 2.45) is 0 Å². The summed E-state index contributed by atoms with van der Waals surface area (Å²) < 4.78 is 18.9. The van der Waals surface area contributed by atoms with E-state index in [1.165, 1.54) is 24.6 Å². The van der Waals surface area contributed by atoms with Gasteiger partial charge in [0.1, 0.15) is 0 Å². The second-order valence-electron chi connectivity index (χ2n) is 6.06. The number of thiocarbonyl (C=S) groups is 1. The number of carbonyl (C=O) groups is 1. The van der Waals surface area contributed by atoms with Gasteiger partial charge in [-0.15, -0.1) is 0 Å². The van der Waals surface area contributed by atoms with Crippen molar-refractivity contribution in [1.82, 2.24) is 10.9 Å². The lowest BCUT2D eigenvalue weighted by atomic mass is 10.1. The average molecular weight is 389 g/mol. The highest BCUT2D eigenvalue weighted by Gasteiger charge is 2.16. The van der Waals surface area contributed by atoms with Crippen molar-refractivity contribution < 1.29 is 13.9 Å². The summed E-state index contributed by atoms with van der Waals surface area (Å²) in [4.78, 5) is 12.1. The minimum absolute atomic E-state index is 0.0176. The van der Waals surface area contributed by atoms with Gasteiger partial charge >= 0.3 is 0 Å². The third-order valence-electron chi connectivity index (χ3n) is 3.84. The number of unbranched alkanes of at least 4 members (excludes halogenated alkanes) is 1. The second kappa shape index (κ2) is 10.5. The molecule has 5 nitrogen and oxygen atoms in total. The number of benzene rings is 2. The van der Waals surface area contributed by atoms with Crippen LogP contribution in [0.25, 0.3) is 0 Å². The molecule has 0 saturated carbocycles. The molecule has 0 heterocycles. The molecule has 2 aromatic carbocycles.